The van der Waals surface area contributed by atoms with Crippen LogP contribution in [-0.2, 0) is 24.3 Å². The van der Waals surface area contributed by atoms with E-state index in [1.54, 1.807) is 31.2 Å². The fourth-order valence-corrected chi connectivity index (χ4v) is 3.53. The van der Waals surface area contributed by atoms with Crippen LogP contribution in [0.3, 0.4) is 0 Å². The number of hydrogen-bond donors (Lipinski definition) is 1. The Morgan fingerprint density at radius 1 is 1.00 bits per heavy atom. The van der Waals surface area contributed by atoms with Crippen LogP contribution >= 0.6 is 0 Å². The summed E-state index contributed by atoms with van der Waals surface area (Å²) in [5, 5.41) is 2.48. The molecule has 9 nitrogen and oxygen atoms in total. The van der Waals surface area contributed by atoms with E-state index in [0.717, 1.165) is 16.1 Å². The molecule has 0 saturated heterocycles. The maximum atomic E-state index is 12.7. The van der Waals surface area contributed by atoms with Crippen LogP contribution in [0.2, 0.25) is 0 Å². The highest BCUT2D eigenvalue weighted by Gasteiger charge is 2.23. The Morgan fingerprint density at radius 2 is 1.67 bits per heavy atom. The number of sulfonamides is 1. The largest absolute Gasteiger partial charge is 0.465 e. The molecular formula is C20H22N2O7S. The molecule has 0 aromatic heterocycles. The van der Waals surface area contributed by atoms with Gasteiger partial charge in [0.15, 0.2) is 0 Å². The highest BCUT2D eigenvalue weighted by atomic mass is 32.2. The maximum Gasteiger partial charge on any atom is 0.339 e. The number of nitrogens with zero attached hydrogens (tertiary/aromatic N) is 1. The number of ether oxygens (including phenoxy) is 2. The monoisotopic (exact) mass is 434 g/mol. The zero-order chi connectivity index (χ0) is 22.5. The van der Waals surface area contributed by atoms with Crippen molar-refractivity contribution in [3.8, 4) is 0 Å². The lowest BCUT2D eigenvalue weighted by Gasteiger charge is -2.22. The molecule has 1 amide bonds. The van der Waals surface area contributed by atoms with E-state index in [0.29, 0.717) is 5.69 Å². The zero-order valence-electron chi connectivity index (χ0n) is 17.0. The molecule has 30 heavy (non-hydrogen) atoms. The average Bonchev–Trinajstić information content (AvgIpc) is 2.69. The molecule has 0 aliphatic carbocycles. The number of rotatable bonds is 7. The first-order valence-electron chi connectivity index (χ1n) is 8.71. The minimum Gasteiger partial charge on any atom is -0.465 e. The van der Waals surface area contributed by atoms with Crippen molar-refractivity contribution in [2.75, 3.05) is 36.6 Å². The Balaban J connectivity index is 2.37. The third kappa shape index (κ3) is 5.57. The molecule has 160 valence electrons. The van der Waals surface area contributed by atoms with Crippen molar-refractivity contribution in [3.63, 3.8) is 0 Å². The van der Waals surface area contributed by atoms with Crippen LogP contribution in [0, 0.1) is 6.92 Å². The van der Waals surface area contributed by atoms with E-state index in [2.05, 4.69) is 10.1 Å². The molecular weight excluding hydrogens is 412 g/mol. The highest BCUT2D eigenvalue weighted by molar-refractivity contribution is 7.92. The van der Waals surface area contributed by atoms with E-state index in [-0.39, 0.29) is 16.8 Å². The minimum atomic E-state index is -3.77. The summed E-state index contributed by atoms with van der Waals surface area (Å²) in [6.07, 6.45) is 0.986. The van der Waals surface area contributed by atoms with E-state index in [1.807, 2.05) is 0 Å². The number of nitrogens with one attached hydrogen (secondary N) is 1. The number of amides is 1. The fraction of sp³-hybridized carbons (Fsp3) is 0.250. The number of carbonyl (C=O) groups is 3. The summed E-state index contributed by atoms with van der Waals surface area (Å²) in [7, 11) is -1.41. The Bertz CT molecular complexity index is 1080. The molecule has 0 fully saturated rings. The summed E-state index contributed by atoms with van der Waals surface area (Å²) in [5.41, 5.74) is 1.23. The lowest BCUT2D eigenvalue weighted by atomic mass is 10.1. The van der Waals surface area contributed by atoms with Crippen LogP contribution in [-0.4, -0.2) is 53.3 Å². The average molecular weight is 434 g/mol. The first-order chi connectivity index (χ1) is 14.1. The molecule has 0 radical (unpaired) electrons. The standard InChI is InChI=1S/C20H22N2O7S/c1-13-6-5-7-15(10-13)22(30(4,26)27)12-18(23)21-17-11-14(19(24)28-2)8-9-16(17)20(25)29-3/h5-11H,12H2,1-4H3,(H,21,23). The molecule has 0 heterocycles. The van der Waals surface area contributed by atoms with Crippen LogP contribution < -0.4 is 9.62 Å². The van der Waals surface area contributed by atoms with Gasteiger partial charge in [0.05, 0.1) is 43.0 Å². The summed E-state index contributed by atoms with van der Waals surface area (Å²) in [6, 6.07) is 10.6. The first-order valence-corrected chi connectivity index (χ1v) is 10.6. The highest BCUT2D eigenvalue weighted by Crippen LogP contribution is 2.22. The number of carbonyl (C=O) groups excluding carboxylic acids is 3. The summed E-state index contributed by atoms with van der Waals surface area (Å²) in [5.74, 6) is -2.12. The number of benzene rings is 2. The number of aryl methyl sites for hydroxylation is 1. The second-order valence-corrected chi connectivity index (χ2v) is 8.31. The fourth-order valence-electron chi connectivity index (χ4n) is 2.68. The molecule has 0 spiro atoms. The molecule has 0 aliphatic heterocycles. The van der Waals surface area contributed by atoms with Gasteiger partial charge >= 0.3 is 11.9 Å². The van der Waals surface area contributed by atoms with Crippen molar-refractivity contribution >= 4 is 39.2 Å². The van der Waals surface area contributed by atoms with Gasteiger partial charge in [-0.15, -0.1) is 0 Å². The summed E-state index contributed by atoms with van der Waals surface area (Å²) >= 11 is 0. The van der Waals surface area contributed by atoms with Gasteiger partial charge in [-0.1, -0.05) is 12.1 Å². The predicted molar refractivity (Wildman–Crippen MR) is 111 cm³/mol. The van der Waals surface area contributed by atoms with E-state index in [9.17, 15) is 22.8 Å². The second-order valence-electron chi connectivity index (χ2n) is 6.40. The van der Waals surface area contributed by atoms with Gasteiger partial charge in [0, 0.05) is 0 Å². The quantitative estimate of drug-likeness (QED) is 0.662. The Morgan fingerprint density at radius 3 is 2.23 bits per heavy atom. The molecule has 2 aromatic carbocycles. The van der Waals surface area contributed by atoms with Crippen molar-refractivity contribution in [2.45, 2.75) is 6.92 Å². The molecule has 10 heteroatoms. The molecule has 0 unspecified atom stereocenters. The van der Waals surface area contributed by atoms with Crippen molar-refractivity contribution in [1.29, 1.82) is 0 Å². The SMILES string of the molecule is COC(=O)c1ccc(C(=O)OC)c(NC(=O)CN(c2cccc(C)c2)S(C)(=O)=O)c1. The number of anilines is 2. The van der Waals surface area contributed by atoms with Gasteiger partial charge in [0.2, 0.25) is 15.9 Å². The van der Waals surface area contributed by atoms with Gasteiger partial charge in [0.1, 0.15) is 6.54 Å². The van der Waals surface area contributed by atoms with E-state index in [1.165, 1.54) is 32.4 Å². The molecule has 0 aliphatic rings. The second kappa shape index (κ2) is 9.40. The molecule has 2 aromatic rings. The maximum absolute atomic E-state index is 12.7. The zero-order valence-corrected chi connectivity index (χ0v) is 17.8. The van der Waals surface area contributed by atoms with Gasteiger partial charge < -0.3 is 14.8 Å². The van der Waals surface area contributed by atoms with Crippen LogP contribution in [0.15, 0.2) is 42.5 Å². The number of hydrogen-bond acceptors (Lipinski definition) is 7. The molecule has 2 rings (SSSR count). The van der Waals surface area contributed by atoms with Crippen molar-refractivity contribution in [1.82, 2.24) is 0 Å². The lowest BCUT2D eigenvalue weighted by molar-refractivity contribution is -0.114. The van der Waals surface area contributed by atoms with Crippen molar-refractivity contribution in [3.05, 3.63) is 59.2 Å². The minimum absolute atomic E-state index is 0.0000331. The van der Waals surface area contributed by atoms with Crippen molar-refractivity contribution in [2.24, 2.45) is 0 Å². The van der Waals surface area contributed by atoms with E-state index in [4.69, 9.17) is 4.74 Å². The van der Waals surface area contributed by atoms with Gasteiger partial charge in [0.25, 0.3) is 0 Å². The molecule has 0 atom stereocenters. The van der Waals surface area contributed by atoms with Gasteiger partial charge in [-0.3, -0.25) is 9.10 Å². The topological polar surface area (TPSA) is 119 Å². The first kappa shape index (κ1) is 22.9. The van der Waals surface area contributed by atoms with Gasteiger partial charge in [-0.25, -0.2) is 18.0 Å². The van der Waals surface area contributed by atoms with E-state index >= 15 is 0 Å². The Labute approximate surface area is 174 Å². The smallest absolute Gasteiger partial charge is 0.339 e. The van der Waals surface area contributed by atoms with Crippen LogP contribution in [0.5, 0.6) is 0 Å². The Hall–Kier alpha value is -3.40. The summed E-state index contributed by atoms with van der Waals surface area (Å²) < 4.78 is 34.8. The van der Waals surface area contributed by atoms with Gasteiger partial charge in [-0.05, 0) is 42.8 Å². The predicted octanol–water partition coefficient (Wildman–Crippen LogP) is 1.97. The van der Waals surface area contributed by atoms with Gasteiger partial charge in [-0.2, -0.15) is 0 Å². The normalized spacial score (nSPS) is 10.8. The van der Waals surface area contributed by atoms with Crippen LogP contribution in [0.25, 0.3) is 0 Å². The number of methoxy groups -OCH3 is 2. The van der Waals surface area contributed by atoms with Crippen LogP contribution in [0.1, 0.15) is 26.3 Å². The number of esters is 2. The summed E-state index contributed by atoms with van der Waals surface area (Å²) in [6.45, 7) is 1.26. The summed E-state index contributed by atoms with van der Waals surface area (Å²) in [4.78, 5) is 36.5. The molecule has 0 saturated carbocycles. The Kier molecular flexibility index (Phi) is 7.17. The van der Waals surface area contributed by atoms with Crippen molar-refractivity contribution < 1.29 is 32.3 Å². The molecule has 0 bridgehead atoms. The van der Waals surface area contributed by atoms with E-state index < -0.39 is 34.4 Å². The lowest BCUT2D eigenvalue weighted by Crippen LogP contribution is -2.37. The third-order valence-electron chi connectivity index (χ3n) is 4.10. The van der Waals surface area contributed by atoms with Crippen LogP contribution in [0.4, 0.5) is 11.4 Å². The molecule has 1 N–H and O–H groups in total. The third-order valence-corrected chi connectivity index (χ3v) is 5.24.